The number of rotatable bonds is 9. The molecule has 1 aliphatic rings. The third kappa shape index (κ3) is 10.6. The first-order chi connectivity index (χ1) is 10.3. The summed E-state index contributed by atoms with van der Waals surface area (Å²) in [5, 5.41) is 6.78. The molecule has 0 bridgehead atoms. The van der Waals surface area contributed by atoms with Crippen LogP contribution >= 0.6 is 24.0 Å². The molecule has 0 aromatic carbocycles. The molecule has 0 saturated carbocycles. The minimum absolute atomic E-state index is 0. The molecule has 0 spiro atoms. The number of likely N-dealkylation sites (N-methyl/N-ethyl adjacent to an activating group) is 1. The number of hydrogen-bond acceptors (Lipinski definition) is 3. The molecule has 1 aliphatic heterocycles. The number of nitrogens with one attached hydrogen (secondary N) is 2. The zero-order chi connectivity index (χ0) is 15.3. The van der Waals surface area contributed by atoms with Crippen LogP contribution < -0.4 is 10.6 Å². The van der Waals surface area contributed by atoms with E-state index in [1.54, 1.807) is 0 Å². The number of guanidine groups is 1. The summed E-state index contributed by atoms with van der Waals surface area (Å²) in [7, 11) is 4.06. The van der Waals surface area contributed by atoms with Crippen molar-refractivity contribution in [2.24, 2.45) is 4.99 Å². The Morgan fingerprint density at radius 2 is 1.55 bits per heavy atom. The van der Waals surface area contributed by atoms with Gasteiger partial charge in [0.2, 0.25) is 0 Å². The molecule has 22 heavy (non-hydrogen) atoms. The van der Waals surface area contributed by atoms with Crippen molar-refractivity contribution in [3.63, 3.8) is 0 Å². The Balaban J connectivity index is 0.00000441. The summed E-state index contributed by atoms with van der Waals surface area (Å²) in [6.45, 7) is 10.4. The van der Waals surface area contributed by atoms with E-state index in [9.17, 15) is 0 Å². The maximum atomic E-state index is 4.26. The average molecular weight is 425 g/mol. The van der Waals surface area contributed by atoms with Gasteiger partial charge in [0, 0.05) is 46.3 Å². The smallest absolute Gasteiger partial charge is 0.190 e. The fraction of sp³-hybridized carbons (Fsp3) is 0.938. The third-order valence-electron chi connectivity index (χ3n) is 4.09. The van der Waals surface area contributed by atoms with Crippen molar-refractivity contribution in [1.82, 2.24) is 20.4 Å². The van der Waals surface area contributed by atoms with Gasteiger partial charge < -0.3 is 20.4 Å². The lowest BCUT2D eigenvalue weighted by Gasteiger charge is -2.32. The molecule has 0 atom stereocenters. The Hall–Kier alpha value is -0.0800. The first-order valence-electron chi connectivity index (χ1n) is 8.61. The highest BCUT2D eigenvalue weighted by atomic mass is 127. The first kappa shape index (κ1) is 21.9. The van der Waals surface area contributed by atoms with Gasteiger partial charge in [0.05, 0.1) is 0 Å². The van der Waals surface area contributed by atoms with E-state index in [0.717, 1.165) is 19.0 Å². The van der Waals surface area contributed by atoms with Gasteiger partial charge in [-0.1, -0.05) is 19.8 Å². The van der Waals surface area contributed by atoms with Crippen molar-refractivity contribution in [2.45, 2.75) is 39.0 Å². The number of piperazine rings is 1. The molecule has 2 N–H and O–H groups in total. The molecular formula is C16H36IN5. The first-order valence-corrected chi connectivity index (χ1v) is 8.61. The van der Waals surface area contributed by atoms with E-state index in [1.807, 2.05) is 7.05 Å². The van der Waals surface area contributed by atoms with E-state index >= 15 is 0 Å². The van der Waals surface area contributed by atoms with E-state index in [2.05, 4.69) is 39.4 Å². The molecule has 0 amide bonds. The summed E-state index contributed by atoms with van der Waals surface area (Å²) >= 11 is 0. The van der Waals surface area contributed by atoms with E-state index in [-0.39, 0.29) is 24.0 Å². The minimum atomic E-state index is 0. The van der Waals surface area contributed by atoms with E-state index in [1.165, 1.54) is 64.8 Å². The summed E-state index contributed by atoms with van der Waals surface area (Å²) < 4.78 is 0. The summed E-state index contributed by atoms with van der Waals surface area (Å²) in [6.07, 6.45) is 6.25. The van der Waals surface area contributed by atoms with Crippen molar-refractivity contribution < 1.29 is 0 Å². The number of hydrogen-bond donors (Lipinski definition) is 2. The summed E-state index contributed by atoms with van der Waals surface area (Å²) in [6, 6.07) is 0. The van der Waals surface area contributed by atoms with Crippen LogP contribution in [0.3, 0.4) is 0 Å². The Bertz CT molecular complexity index is 278. The van der Waals surface area contributed by atoms with Crippen LogP contribution in [0.4, 0.5) is 0 Å². The van der Waals surface area contributed by atoms with E-state index in [0.29, 0.717) is 0 Å². The standard InChI is InChI=1S/C16H35N5.HI/c1-4-5-6-9-18-16(17-2)19-10-7-8-11-21-14-12-20(3)13-15-21;/h4-15H2,1-3H3,(H2,17,18,19);1H. The Morgan fingerprint density at radius 3 is 2.09 bits per heavy atom. The Labute approximate surface area is 154 Å². The fourth-order valence-corrected chi connectivity index (χ4v) is 2.54. The van der Waals surface area contributed by atoms with Crippen molar-refractivity contribution in [2.75, 3.05) is 59.9 Å². The van der Waals surface area contributed by atoms with E-state index in [4.69, 9.17) is 0 Å². The van der Waals surface area contributed by atoms with Crippen LogP contribution in [-0.4, -0.2) is 75.7 Å². The average Bonchev–Trinajstić information content (AvgIpc) is 2.51. The topological polar surface area (TPSA) is 42.9 Å². The predicted molar refractivity (Wildman–Crippen MR) is 107 cm³/mol. The quantitative estimate of drug-likeness (QED) is 0.257. The summed E-state index contributed by atoms with van der Waals surface area (Å²) in [5.41, 5.74) is 0. The SMILES string of the molecule is CCCCCNC(=NC)NCCCCN1CCN(C)CC1.I. The van der Waals surface area contributed by atoms with Gasteiger partial charge in [0.25, 0.3) is 0 Å². The van der Waals surface area contributed by atoms with Crippen LogP contribution in [0.25, 0.3) is 0 Å². The molecule has 0 aromatic rings. The molecule has 6 heteroatoms. The van der Waals surface area contributed by atoms with Gasteiger partial charge in [-0.25, -0.2) is 0 Å². The van der Waals surface area contributed by atoms with Crippen LogP contribution in [0.15, 0.2) is 4.99 Å². The minimum Gasteiger partial charge on any atom is -0.356 e. The van der Waals surface area contributed by atoms with Crippen LogP contribution in [0, 0.1) is 0 Å². The van der Waals surface area contributed by atoms with Gasteiger partial charge in [-0.3, -0.25) is 4.99 Å². The van der Waals surface area contributed by atoms with Crippen LogP contribution in [-0.2, 0) is 0 Å². The molecule has 1 rings (SSSR count). The van der Waals surface area contributed by atoms with Gasteiger partial charge in [0.15, 0.2) is 5.96 Å². The molecule has 0 unspecified atom stereocenters. The van der Waals surface area contributed by atoms with Crippen molar-refractivity contribution in [3.8, 4) is 0 Å². The van der Waals surface area contributed by atoms with Gasteiger partial charge in [-0.2, -0.15) is 0 Å². The zero-order valence-corrected chi connectivity index (χ0v) is 17.1. The lowest BCUT2D eigenvalue weighted by Crippen LogP contribution is -2.44. The normalized spacial score (nSPS) is 17.1. The Kier molecular flexibility index (Phi) is 14.5. The second kappa shape index (κ2) is 14.5. The van der Waals surface area contributed by atoms with Gasteiger partial charge in [-0.15, -0.1) is 24.0 Å². The van der Waals surface area contributed by atoms with Crippen molar-refractivity contribution in [1.29, 1.82) is 0 Å². The second-order valence-electron chi connectivity index (χ2n) is 5.98. The number of nitrogens with zero attached hydrogens (tertiary/aromatic N) is 3. The molecule has 132 valence electrons. The molecule has 0 aromatic heterocycles. The van der Waals surface area contributed by atoms with Crippen LogP contribution in [0.1, 0.15) is 39.0 Å². The molecule has 5 nitrogen and oxygen atoms in total. The predicted octanol–water partition coefficient (Wildman–Crippen LogP) is 1.99. The highest BCUT2D eigenvalue weighted by Crippen LogP contribution is 2.01. The largest absolute Gasteiger partial charge is 0.356 e. The molecule has 1 saturated heterocycles. The highest BCUT2D eigenvalue weighted by Gasteiger charge is 2.12. The molecular weight excluding hydrogens is 389 g/mol. The summed E-state index contributed by atoms with van der Waals surface area (Å²) in [4.78, 5) is 9.25. The van der Waals surface area contributed by atoms with Gasteiger partial charge in [0.1, 0.15) is 0 Å². The molecule has 1 heterocycles. The molecule has 0 aliphatic carbocycles. The number of halogens is 1. The highest BCUT2D eigenvalue weighted by molar-refractivity contribution is 14.0. The molecule has 1 fully saturated rings. The molecule has 0 radical (unpaired) electrons. The van der Waals surface area contributed by atoms with Crippen LogP contribution in [0.5, 0.6) is 0 Å². The van der Waals surface area contributed by atoms with Crippen molar-refractivity contribution in [3.05, 3.63) is 0 Å². The maximum absolute atomic E-state index is 4.26. The summed E-state index contributed by atoms with van der Waals surface area (Å²) in [5.74, 6) is 0.950. The third-order valence-corrected chi connectivity index (χ3v) is 4.09. The Morgan fingerprint density at radius 1 is 0.955 bits per heavy atom. The fourth-order valence-electron chi connectivity index (χ4n) is 2.54. The number of unbranched alkanes of at least 4 members (excludes halogenated alkanes) is 3. The second-order valence-corrected chi connectivity index (χ2v) is 5.98. The van der Waals surface area contributed by atoms with E-state index < -0.39 is 0 Å². The lowest BCUT2D eigenvalue weighted by atomic mass is 10.2. The lowest BCUT2D eigenvalue weighted by molar-refractivity contribution is 0.152. The maximum Gasteiger partial charge on any atom is 0.190 e. The van der Waals surface area contributed by atoms with Gasteiger partial charge in [-0.05, 0) is 32.9 Å². The zero-order valence-electron chi connectivity index (χ0n) is 14.7. The van der Waals surface area contributed by atoms with Gasteiger partial charge >= 0.3 is 0 Å². The van der Waals surface area contributed by atoms with Crippen LogP contribution in [0.2, 0.25) is 0 Å². The van der Waals surface area contributed by atoms with Crippen molar-refractivity contribution >= 4 is 29.9 Å². The number of aliphatic imine (C=N–C) groups is 1. The monoisotopic (exact) mass is 425 g/mol.